The van der Waals surface area contributed by atoms with Crippen LogP contribution >= 0.6 is 11.6 Å². The van der Waals surface area contributed by atoms with E-state index in [-0.39, 0.29) is 22.2 Å². The molecule has 1 aliphatic heterocycles. The average molecular weight is 378 g/mol. The zero-order chi connectivity index (χ0) is 18.4. The third kappa shape index (κ3) is 2.72. The van der Waals surface area contributed by atoms with E-state index in [1.807, 2.05) is 0 Å². The number of ketones is 1. The van der Waals surface area contributed by atoms with Crippen LogP contribution in [0, 0.1) is 5.82 Å². The molecule has 1 aromatic carbocycles. The molecular weight excluding hydrogens is 361 g/mol. The lowest BCUT2D eigenvalue weighted by atomic mass is 9.93. The molecule has 1 fully saturated rings. The Morgan fingerprint density at radius 2 is 1.65 bits per heavy atom. The highest BCUT2D eigenvalue weighted by Crippen LogP contribution is 2.40. The number of imide groups is 1. The summed E-state index contributed by atoms with van der Waals surface area (Å²) in [5.41, 5.74) is 0.771. The van der Waals surface area contributed by atoms with Crippen molar-refractivity contribution in [1.29, 1.82) is 0 Å². The van der Waals surface area contributed by atoms with Crippen molar-refractivity contribution in [1.82, 2.24) is 0 Å². The normalized spacial score (nSPS) is 23.1. The Hall–Kier alpha value is -2.21. The third-order valence-corrected chi connectivity index (χ3v) is 5.45. The molecule has 1 aromatic rings. The zero-order valence-corrected chi connectivity index (χ0v) is 14.8. The highest BCUT2D eigenvalue weighted by atomic mass is 35.5. The SMILES string of the molecule is O=C1CCCC1Oc1cc(N2C(=O)C3=C(CCCC3)C2=O)c(F)cc1Cl. The van der Waals surface area contributed by atoms with Crippen LogP contribution in [0.3, 0.4) is 0 Å². The topological polar surface area (TPSA) is 63.7 Å². The number of ether oxygens (including phenoxy) is 1. The van der Waals surface area contributed by atoms with Gasteiger partial charge in [-0.25, -0.2) is 9.29 Å². The van der Waals surface area contributed by atoms with E-state index in [0.717, 1.165) is 30.2 Å². The lowest BCUT2D eigenvalue weighted by Crippen LogP contribution is -2.32. The second-order valence-electron chi connectivity index (χ2n) is 6.81. The smallest absolute Gasteiger partial charge is 0.261 e. The Labute approximate surface area is 154 Å². The maximum atomic E-state index is 14.5. The number of amides is 2. The summed E-state index contributed by atoms with van der Waals surface area (Å²) in [4.78, 5) is 38.0. The first-order valence-electron chi connectivity index (χ1n) is 8.76. The first-order chi connectivity index (χ1) is 12.5. The van der Waals surface area contributed by atoms with Crippen molar-refractivity contribution in [2.24, 2.45) is 0 Å². The van der Waals surface area contributed by atoms with Crippen molar-refractivity contribution in [3.8, 4) is 5.75 Å². The number of benzene rings is 1. The molecule has 0 radical (unpaired) electrons. The van der Waals surface area contributed by atoms with Crippen LogP contribution in [0.15, 0.2) is 23.3 Å². The van der Waals surface area contributed by atoms with E-state index in [2.05, 4.69) is 0 Å². The molecule has 3 aliphatic rings. The van der Waals surface area contributed by atoms with Crippen molar-refractivity contribution in [2.45, 2.75) is 51.0 Å². The summed E-state index contributed by atoms with van der Waals surface area (Å²) in [5, 5.41) is 0.00256. The minimum Gasteiger partial charge on any atom is -0.481 e. The second-order valence-corrected chi connectivity index (χ2v) is 7.22. The maximum absolute atomic E-state index is 14.5. The third-order valence-electron chi connectivity index (χ3n) is 5.15. The molecule has 0 bridgehead atoms. The predicted octanol–water partition coefficient (Wildman–Crippen LogP) is 3.72. The molecule has 1 unspecified atom stereocenters. The van der Waals surface area contributed by atoms with Gasteiger partial charge in [-0.1, -0.05) is 11.6 Å². The fraction of sp³-hybridized carbons (Fsp3) is 0.421. The zero-order valence-electron chi connectivity index (χ0n) is 14.0. The molecule has 1 saturated carbocycles. The van der Waals surface area contributed by atoms with E-state index >= 15 is 0 Å². The van der Waals surface area contributed by atoms with Gasteiger partial charge in [-0.3, -0.25) is 14.4 Å². The van der Waals surface area contributed by atoms with E-state index in [9.17, 15) is 18.8 Å². The van der Waals surface area contributed by atoms with Gasteiger partial charge < -0.3 is 4.74 Å². The van der Waals surface area contributed by atoms with Gasteiger partial charge in [0.25, 0.3) is 11.8 Å². The fourth-order valence-electron chi connectivity index (χ4n) is 3.80. The van der Waals surface area contributed by atoms with Crippen LogP contribution in [0.2, 0.25) is 5.02 Å². The summed E-state index contributed by atoms with van der Waals surface area (Å²) in [6, 6.07) is 2.26. The molecule has 0 aromatic heterocycles. The second kappa shape index (κ2) is 6.50. The van der Waals surface area contributed by atoms with Crippen LogP contribution in [0.1, 0.15) is 44.9 Å². The fourth-order valence-corrected chi connectivity index (χ4v) is 3.99. The quantitative estimate of drug-likeness (QED) is 0.753. The molecule has 1 atom stereocenters. The van der Waals surface area contributed by atoms with E-state index in [4.69, 9.17) is 16.3 Å². The van der Waals surface area contributed by atoms with Crippen molar-refractivity contribution >= 4 is 34.9 Å². The predicted molar refractivity (Wildman–Crippen MR) is 92.7 cm³/mol. The van der Waals surface area contributed by atoms with Crippen LogP contribution in [-0.2, 0) is 14.4 Å². The summed E-state index contributed by atoms with van der Waals surface area (Å²) in [5.74, 6) is -1.66. The molecule has 0 spiro atoms. The van der Waals surface area contributed by atoms with Gasteiger partial charge in [0.05, 0.1) is 10.7 Å². The minimum absolute atomic E-state index is 0.00256. The summed E-state index contributed by atoms with van der Waals surface area (Å²) in [6.45, 7) is 0. The number of nitrogens with zero attached hydrogens (tertiary/aromatic N) is 1. The summed E-state index contributed by atoms with van der Waals surface area (Å²) >= 11 is 6.05. The molecule has 7 heteroatoms. The molecule has 0 N–H and O–H groups in total. The highest BCUT2D eigenvalue weighted by Gasteiger charge is 2.41. The molecular formula is C19H17ClFNO4. The first kappa shape index (κ1) is 17.2. The van der Waals surface area contributed by atoms with Gasteiger partial charge in [0.15, 0.2) is 11.9 Å². The summed E-state index contributed by atoms with van der Waals surface area (Å²) in [7, 11) is 0. The monoisotopic (exact) mass is 377 g/mol. The van der Waals surface area contributed by atoms with E-state index in [0.29, 0.717) is 36.8 Å². The molecule has 136 valence electrons. The number of hydrogen-bond acceptors (Lipinski definition) is 4. The molecule has 2 aliphatic carbocycles. The van der Waals surface area contributed by atoms with Crippen molar-refractivity contribution in [3.05, 3.63) is 34.1 Å². The van der Waals surface area contributed by atoms with Gasteiger partial charge in [0.2, 0.25) is 0 Å². The maximum Gasteiger partial charge on any atom is 0.261 e. The Bertz CT molecular complexity index is 835. The van der Waals surface area contributed by atoms with E-state index in [1.54, 1.807) is 0 Å². The molecule has 26 heavy (non-hydrogen) atoms. The standard InChI is InChI=1S/C19H17ClFNO4/c20-12-8-13(21)14(9-17(12)26-16-7-3-6-15(16)23)22-18(24)10-4-1-2-5-11(10)19(22)25/h8-9,16H,1-7H2. The van der Waals surface area contributed by atoms with Crippen LogP contribution in [0.4, 0.5) is 10.1 Å². The van der Waals surface area contributed by atoms with Gasteiger partial charge in [-0.2, -0.15) is 0 Å². The number of carbonyl (C=O) groups excluding carboxylic acids is 3. The first-order valence-corrected chi connectivity index (χ1v) is 9.14. The van der Waals surface area contributed by atoms with E-state index < -0.39 is 23.7 Å². The van der Waals surface area contributed by atoms with Crippen molar-refractivity contribution < 1.29 is 23.5 Å². The van der Waals surface area contributed by atoms with Crippen LogP contribution in [0.25, 0.3) is 0 Å². The van der Waals surface area contributed by atoms with Gasteiger partial charge in [-0.15, -0.1) is 0 Å². The van der Waals surface area contributed by atoms with Gasteiger partial charge in [0.1, 0.15) is 11.6 Å². The molecule has 4 rings (SSSR count). The number of hydrogen-bond donors (Lipinski definition) is 0. The number of halogens is 2. The van der Waals surface area contributed by atoms with Crippen molar-refractivity contribution in [3.63, 3.8) is 0 Å². The lowest BCUT2D eigenvalue weighted by Gasteiger charge is -2.19. The minimum atomic E-state index is -0.776. The van der Waals surface area contributed by atoms with E-state index in [1.165, 1.54) is 6.07 Å². The number of Topliss-reactive ketones (excluding diaryl/α,β-unsaturated/α-hetero) is 1. The lowest BCUT2D eigenvalue weighted by molar-refractivity contribution is -0.123. The Kier molecular flexibility index (Phi) is 4.31. The van der Waals surface area contributed by atoms with Gasteiger partial charge in [0, 0.05) is 23.6 Å². The Morgan fingerprint density at radius 3 is 2.23 bits per heavy atom. The van der Waals surface area contributed by atoms with Crippen LogP contribution in [-0.4, -0.2) is 23.7 Å². The highest BCUT2D eigenvalue weighted by molar-refractivity contribution is 6.34. The van der Waals surface area contributed by atoms with Gasteiger partial charge in [-0.05, 0) is 44.6 Å². The largest absolute Gasteiger partial charge is 0.481 e. The molecule has 0 saturated heterocycles. The summed E-state index contributed by atoms with van der Waals surface area (Å²) in [6.07, 6.45) is 3.86. The number of rotatable bonds is 3. The number of carbonyl (C=O) groups is 3. The Balaban J connectivity index is 1.69. The molecule has 5 nitrogen and oxygen atoms in total. The van der Waals surface area contributed by atoms with Crippen LogP contribution in [0.5, 0.6) is 5.75 Å². The molecule has 2 amide bonds. The number of anilines is 1. The van der Waals surface area contributed by atoms with Gasteiger partial charge >= 0.3 is 0 Å². The summed E-state index contributed by atoms with van der Waals surface area (Å²) < 4.78 is 20.2. The molecule has 1 heterocycles. The average Bonchev–Trinajstić information content (AvgIpc) is 3.13. The van der Waals surface area contributed by atoms with Crippen molar-refractivity contribution in [2.75, 3.05) is 4.90 Å². The van der Waals surface area contributed by atoms with Crippen LogP contribution < -0.4 is 9.64 Å². The Morgan fingerprint density at radius 1 is 1.00 bits per heavy atom.